The van der Waals surface area contributed by atoms with Crippen LogP contribution in [0.25, 0.3) is 0 Å². The molecule has 24 heavy (non-hydrogen) atoms. The molecule has 0 spiro atoms. The molecule has 2 aliphatic rings. The average Bonchev–Trinajstić information content (AvgIpc) is 2.56. The number of piperazine rings is 1. The van der Waals surface area contributed by atoms with Gasteiger partial charge in [0.2, 0.25) is 0 Å². The molecule has 0 amide bonds. The van der Waals surface area contributed by atoms with Gasteiger partial charge < -0.3 is 5.32 Å². The molecular weight excluding hydrogens is 337 g/mol. The van der Waals surface area contributed by atoms with Crippen LogP contribution in [0.2, 0.25) is 5.02 Å². The van der Waals surface area contributed by atoms with Crippen molar-refractivity contribution in [1.82, 2.24) is 10.2 Å². The van der Waals surface area contributed by atoms with Crippen LogP contribution < -0.4 is 5.32 Å². The Balaban J connectivity index is 1.96. The van der Waals surface area contributed by atoms with E-state index in [0.717, 1.165) is 50.7 Å². The molecule has 1 atom stereocenters. The molecular formula is C18H24ClF3N2. The van der Waals surface area contributed by atoms with Gasteiger partial charge in [-0.15, -0.1) is 0 Å². The Kier molecular flexibility index (Phi) is 5.73. The minimum absolute atomic E-state index is 0.0344. The zero-order chi connectivity index (χ0) is 17.2. The maximum Gasteiger partial charge on any atom is 0.416 e. The van der Waals surface area contributed by atoms with Crippen LogP contribution in [-0.4, -0.2) is 31.1 Å². The number of halogens is 4. The van der Waals surface area contributed by atoms with E-state index in [4.69, 9.17) is 11.6 Å². The van der Waals surface area contributed by atoms with Crippen LogP contribution in [0.4, 0.5) is 13.2 Å². The van der Waals surface area contributed by atoms with Gasteiger partial charge in [0.15, 0.2) is 0 Å². The normalized spacial score (nSPS) is 22.5. The average molecular weight is 361 g/mol. The maximum absolute atomic E-state index is 13.2. The summed E-state index contributed by atoms with van der Waals surface area (Å²) in [7, 11) is 0. The molecule has 6 heteroatoms. The van der Waals surface area contributed by atoms with Crippen molar-refractivity contribution in [3.05, 3.63) is 34.3 Å². The fourth-order valence-electron chi connectivity index (χ4n) is 4.14. The van der Waals surface area contributed by atoms with Crippen molar-refractivity contribution in [1.29, 1.82) is 0 Å². The quantitative estimate of drug-likeness (QED) is 0.826. The van der Waals surface area contributed by atoms with Gasteiger partial charge in [0.05, 0.1) is 5.56 Å². The van der Waals surface area contributed by atoms with E-state index in [1.54, 1.807) is 6.07 Å². The molecule has 0 aromatic heterocycles. The minimum Gasteiger partial charge on any atom is -0.314 e. The number of hydrogen-bond donors (Lipinski definition) is 1. The Labute approximate surface area is 146 Å². The van der Waals surface area contributed by atoms with Crippen molar-refractivity contribution in [2.45, 2.75) is 44.3 Å². The summed E-state index contributed by atoms with van der Waals surface area (Å²) in [5.41, 5.74) is 0.0876. The van der Waals surface area contributed by atoms with Gasteiger partial charge in [-0.3, -0.25) is 4.90 Å². The second-order valence-corrected chi connectivity index (χ2v) is 7.34. The summed E-state index contributed by atoms with van der Waals surface area (Å²) in [5, 5.41) is 3.50. The highest BCUT2D eigenvalue weighted by Gasteiger charge is 2.35. The van der Waals surface area contributed by atoms with E-state index in [9.17, 15) is 13.2 Å². The topological polar surface area (TPSA) is 15.3 Å². The van der Waals surface area contributed by atoms with Gasteiger partial charge in [0, 0.05) is 37.2 Å². The van der Waals surface area contributed by atoms with E-state index < -0.39 is 11.7 Å². The van der Waals surface area contributed by atoms with Gasteiger partial charge >= 0.3 is 6.18 Å². The number of nitrogens with zero attached hydrogens (tertiary/aromatic N) is 1. The monoisotopic (exact) mass is 360 g/mol. The summed E-state index contributed by atoms with van der Waals surface area (Å²) in [4.78, 5) is 2.35. The zero-order valence-corrected chi connectivity index (χ0v) is 14.5. The molecule has 2 fully saturated rings. The van der Waals surface area contributed by atoms with E-state index in [1.165, 1.54) is 25.3 Å². The Bertz CT molecular complexity index is 532. The highest BCUT2D eigenvalue weighted by Crippen LogP contribution is 2.41. The van der Waals surface area contributed by atoms with Crippen LogP contribution in [0.1, 0.15) is 49.3 Å². The number of benzene rings is 1. The van der Waals surface area contributed by atoms with Crippen LogP contribution in [-0.2, 0) is 6.18 Å². The van der Waals surface area contributed by atoms with Crippen molar-refractivity contribution in [2.24, 2.45) is 5.92 Å². The lowest BCUT2D eigenvalue weighted by Crippen LogP contribution is -2.47. The fourth-order valence-corrected chi connectivity index (χ4v) is 4.38. The first-order valence-corrected chi connectivity index (χ1v) is 9.15. The highest BCUT2D eigenvalue weighted by molar-refractivity contribution is 6.30. The summed E-state index contributed by atoms with van der Waals surface area (Å²) < 4.78 is 39.6. The summed E-state index contributed by atoms with van der Waals surface area (Å²) in [5.74, 6) is 0.413. The first-order valence-electron chi connectivity index (χ1n) is 8.77. The Morgan fingerprint density at radius 2 is 1.71 bits per heavy atom. The third-order valence-electron chi connectivity index (χ3n) is 5.23. The summed E-state index contributed by atoms with van der Waals surface area (Å²) in [6.07, 6.45) is 1.37. The number of rotatable bonds is 3. The lowest BCUT2D eigenvalue weighted by atomic mass is 9.80. The minimum atomic E-state index is -4.36. The van der Waals surface area contributed by atoms with E-state index in [-0.39, 0.29) is 11.1 Å². The third kappa shape index (κ3) is 4.24. The smallest absolute Gasteiger partial charge is 0.314 e. The molecule has 0 unspecified atom stereocenters. The van der Waals surface area contributed by atoms with Crippen molar-refractivity contribution in [3.63, 3.8) is 0 Å². The third-order valence-corrected chi connectivity index (χ3v) is 5.45. The van der Waals surface area contributed by atoms with Crippen molar-refractivity contribution >= 4 is 11.6 Å². The van der Waals surface area contributed by atoms with E-state index in [0.29, 0.717) is 5.92 Å². The van der Waals surface area contributed by atoms with Gasteiger partial charge in [-0.2, -0.15) is 13.2 Å². The predicted molar refractivity (Wildman–Crippen MR) is 90.2 cm³/mol. The van der Waals surface area contributed by atoms with Crippen molar-refractivity contribution in [2.75, 3.05) is 26.2 Å². The summed E-state index contributed by atoms with van der Waals surface area (Å²) in [6.45, 7) is 3.51. The molecule has 1 aromatic carbocycles. The summed E-state index contributed by atoms with van der Waals surface area (Å²) >= 11 is 6.05. The molecule has 3 rings (SSSR count). The van der Waals surface area contributed by atoms with Crippen LogP contribution in [0.3, 0.4) is 0 Å². The number of alkyl halides is 3. The molecule has 0 radical (unpaired) electrons. The van der Waals surface area contributed by atoms with Gasteiger partial charge in [-0.1, -0.05) is 30.9 Å². The highest BCUT2D eigenvalue weighted by atomic mass is 35.5. The number of nitrogens with one attached hydrogen (secondary N) is 1. The van der Waals surface area contributed by atoms with Gasteiger partial charge in [-0.05, 0) is 42.5 Å². The Morgan fingerprint density at radius 1 is 1.04 bits per heavy atom. The van der Waals surface area contributed by atoms with Gasteiger partial charge in [0.25, 0.3) is 0 Å². The Morgan fingerprint density at radius 3 is 2.33 bits per heavy atom. The second kappa shape index (κ2) is 7.63. The van der Waals surface area contributed by atoms with Crippen LogP contribution >= 0.6 is 11.6 Å². The first kappa shape index (κ1) is 18.0. The Hall–Kier alpha value is -0.780. The summed E-state index contributed by atoms with van der Waals surface area (Å²) in [6, 6.07) is 4.11. The van der Waals surface area contributed by atoms with Gasteiger partial charge in [0.1, 0.15) is 0 Å². The largest absolute Gasteiger partial charge is 0.416 e. The molecule has 1 aromatic rings. The molecule has 1 aliphatic heterocycles. The van der Waals surface area contributed by atoms with Crippen LogP contribution in [0, 0.1) is 5.92 Å². The molecule has 1 saturated heterocycles. The molecule has 1 aliphatic carbocycles. The molecule has 2 nitrogen and oxygen atoms in total. The first-order chi connectivity index (χ1) is 11.4. The molecule has 1 saturated carbocycles. The molecule has 134 valence electrons. The SMILES string of the molecule is FC(F)(F)c1cc(Cl)cc([C@@H](C2CCCCC2)N2CCNCC2)c1. The lowest BCUT2D eigenvalue weighted by Gasteiger charge is -2.41. The van der Waals surface area contributed by atoms with E-state index >= 15 is 0 Å². The van der Waals surface area contributed by atoms with Crippen molar-refractivity contribution < 1.29 is 13.2 Å². The van der Waals surface area contributed by atoms with E-state index in [1.807, 2.05) is 0 Å². The number of hydrogen-bond acceptors (Lipinski definition) is 2. The van der Waals surface area contributed by atoms with Gasteiger partial charge in [-0.25, -0.2) is 0 Å². The predicted octanol–water partition coefficient (Wildman–Crippen LogP) is 4.89. The fraction of sp³-hybridized carbons (Fsp3) is 0.667. The van der Waals surface area contributed by atoms with E-state index in [2.05, 4.69) is 10.2 Å². The standard InChI is InChI=1S/C18H24ClF3N2/c19-16-11-14(10-15(12-16)18(20,21)22)17(13-4-2-1-3-5-13)24-8-6-23-7-9-24/h10-13,17,23H,1-9H2/t17-/m1/s1. The zero-order valence-electron chi connectivity index (χ0n) is 13.7. The molecule has 1 N–H and O–H groups in total. The van der Waals surface area contributed by atoms with Crippen LogP contribution in [0.15, 0.2) is 18.2 Å². The molecule has 1 heterocycles. The maximum atomic E-state index is 13.2. The van der Waals surface area contributed by atoms with Crippen LogP contribution in [0.5, 0.6) is 0 Å². The lowest BCUT2D eigenvalue weighted by molar-refractivity contribution is -0.137. The molecule has 0 bridgehead atoms. The van der Waals surface area contributed by atoms with Crippen molar-refractivity contribution in [3.8, 4) is 0 Å². The second-order valence-electron chi connectivity index (χ2n) is 6.90.